The predicted molar refractivity (Wildman–Crippen MR) is 70.5 cm³/mol. The van der Waals surface area contributed by atoms with Crippen LogP contribution in [-0.4, -0.2) is 36.1 Å². The summed E-state index contributed by atoms with van der Waals surface area (Å²) in [4.78, 5) is 2.91. The average Bonchev–Trinajstić information content (AvgIpc) is 2.30. The second-order valence-corrected chi connectivity index (χ2v) is 4.53. The van der Waals surface area contributed by atoms with E-state index < -0.39 is 0 Å². The van der Waals surface area contributed by atoms with E-state index in [1.807, 2.05) is 12.1 Å². The fourth-order valence-corrected chi connectivity index (χ4v) is 2.08. The Balaban J connectivity index is 2.02. The van der Waals surface area contributed by atoms with Crippen LogP contribution in [0, 0.1) is 0 Å². The van der Waals surface area contributed by atoms with E-state index in [0.717, 1.165) is 38.3 Å². The summed E-state index contributed by atoms with van der Waals surface area (Å²) in [6.45, 7) is 5.36. The molecule has 3 nitrogen and oxygen atoms in total. The summed E-state index contributed by atoms with van der Waals surface area (Å²) < 4.78 is 0. The normalized spacial score (nSPS) is 17.2. The molecular formula is C12H17N3S. The van der Waals surface area contributed by atoms with Crippen molar-refractivity contribution in [2.24, 2.45) is 5.73 Å². The van der Waals surface area contributed by atoms with Crippen LogP contribution in [0.3, 0.4) is 0 Å². The van der Waals surface area contributed by atoms with Gasteiger partial charge < -0.3 is 11.1 Å². The first-order valence-corrected chi connectivity index (χ1v) is 5.98. The Labute approximate surface area is 102 Å². The molecule has 1 fully saturated rings. The van der Waals surface area contributed by atoms with Gasteiger partial charge in [-0.1, -0.05) is 30.4 Å². The minimum Gasteiger partial charge on any atom is -0.389 e. The summed E-state index contributed by atoms with van der Waals surface area (Å²) >= 11 is 4.98. The van der Waals surface area contributed by atoms with E-state index in [9.17, 15) is 0 Å². The van der Waals surface area contributed by atoms with Crippen molar-refractivity contribution in [3.8, 4) is 0 Å². The van der Waals surface area contributed by atoms with Crippen molar-refractivity contribution in [2.45, 2.75) is 6.54 Å². The molecule has 0 spiro atoms. The van der Waals surface area contributed by atoms with Crippen LogP contribution in [0.15, 0.2) is 24.3 Å². The third-order valence-electron chi connectivity index (χ3n) is 2.83. The van der Waals surface area contributed by atoms with Crippen LogP contribution < -0.4 is 11.1 Å². The van der Waals surface area contributed by atoms with Crippen LogP contribution in [0.4, 0.5) is 0 Å². The lowest BCUT2D eigenvalue weighted by atomic mass is 10.1. The molecule has 1 aliphatic rings. The predicted octanol–water partition coefficient (Wildman–Crippen LogP) is 0.726. The minimum absolute atomic E-state index is 0.474. The molecule has 1 saturated heterocycles. The summed E-state index contributed by atoms with van der Waals surface area (Å²) in [7, 11) is 0. The number of piperazine rings is 1. The summed E-state index contributed by atoms with van der Waals surface area (Å²) in [5.74, 6) is 0. The molecule has 0 saturated carbocycles. The van der Waals surface area contributed by atoms with Crippen LogP contribution in [0.5, 0.6) is 0 Å². The molecule has 3 N–H and O–H groups in total. The molecule has 1 aromatic rings. The Kier molecular flexibility index (Phi) is 3.88. The van der Waals surface area contributed by atoms with Gasteiger partial charge in [0.05, 0.1) is 0 Å². The highest BCUT2D eigenvalue weighted by atomic mass is 32.1. The lowest BCUT2D eigenvalue weighted by molar-refractivity contribution is 0.233. The number of hydrogen-bond acceptors (Lipinski definition) is 3. The lowest BCUT2D eigenvalue weighted by Crippen LogP contribution is -2.42. The largest absolute Gasteiger partial charge is 0.389 e. The number of nitrogens with one attached hydrogen (secondary N) is 1. The van der Waals surface area contributed by atoms with Crippen molar-refractivity contribution >= 4 is 17.2 Å². The zero-order valence-corrected chi connectivity index (χ0v) is 10.1. The van der Waals surface area contributed by atoms with Gasteiger partial charge in [-0.05, 0) is 11.6 Å². The van der Waals surface area contributed by atoms with E-state index in [2.05, 4.69) is 22.3 Å². The Morgan fingerprint density at radius 2 is 2.12 bits per heavy atom. The Morgan fingerprint density at radius 3 is 2.81 bits per heavy atom. The van der Waals surface area contributed by atoms with Crippen molar-refractivity contribution in [2.75, 3.05) is 26.2 Å². The topological polar surface area (TPSA) is 41.3 Å². The quantitative estimate of drug-likeness (QED) is 0.758. The number of rotatable bonds is 3. The summed E-state index contributed by atoms with van der Waals surface area (Å²) in [5, 5.41) is 3.35. The molecule has 0 bridgehead atoms. The monoisotopic (exact) mass is 235 g/mol. The SMILES string of the molecule is NC(=S)c1cccc(CN2CCNCC2)c1. The fourth-order valence-electron chi connectivity index (χ4n) is 1.95. The molecular weight excluding hydrogens is 218 g/mol. The number of nitrogens with zero attached hydrogens (tertiary/aromatic N) is 1. The van der Waals surface area contributed by atoms with Gasteiger partial charge in [-0.2, -0.15) is 0 Å². The Hall–Kier alpha value is -0.970. The molecule has 86 valence electrons. The number of benzene rings is 1. The second kappa shape index (κ2) is 5.39. The summed E-state index contributed by atoms with van der Waals surface area (Å²) in [5.41, 5.74) is 7.87. The van der Waals surface area contributed by atoms with Gasteiger partial charge in [-0.3, -0.25) is 4.90 Å². The lowest BCUT2D eigenvalue weighted by Gasteiger charge is -2.27. The zero-order valence-electron chi connectivity index (χ0n) is 9.28. The second-order valence-electron chi connectivity index (χ2n) is 4.09. The van der Waals surface area contributed by atoms with Crippen molar-refractivity contribution in [1.29, 1.82) is 0 Å². The number of thiocarbonyl (C=S) groups is 1. The van der Waals surface area contributed by atoms with E-state index in [0.29, 0.717) is 4.99 Å². The Morgan fingerprint density at radius 1 is 1.38 bits per heavy atom. The van der Waals surface area contributed by atoms with E-state index in [1.54, 1.807) is 0 Å². The van der Waals surface area contributed by atoms with Crippen LogP contribution in [0.1, 0.15) is 11.1 Å². The Bertz CT molecular complexity index is 372. The van der Waals surface area contributed by atoms with E-state index >= 15 is 0 Å². The van der Waals surface area contributed by atoms with E-state index in [-0.39, 0.29) is 0 Å². The molecule has 1 aromatic carbocycles. The highest BCUT2D eigenvalue weighted by molar-refractivity contribution is 7.80. The first kappa shape index (κ1) is 11.5. The van der Waals surface area contributed by atoms with Gasteiger partial charge in [0, 0.05) is 38.3 Å². The van der Waals surface area contributed by atoms with Crippen LogP contribution >= 0.6 is 12.2 Å². The number of nitrogens with two attached hydrogens (primary N) is 1. The molecule has 0 atom stereocenters. The molecule has 0 aromatic heterocycles. The van der Waals surface area contributed by atoms with E-state index in [1.165, 1.54) is 5.56 Å². The molecule has 4 heteroatoms. The fraction of sp³-hybridized carbons (Fsp3) is 0.417. The van der Waals surface area contributed by atoms with Crippen LogP contribution in [-0.2, 0) is 6.54 Å². The smallest absolute Gasteiger partial charge is 0.103 e. The summed E-state index contributed by atoms with van der Waals surface area (Å²) in [6.07, 6.45) is 0. The zero-order chi connectivity index (χ0) is 11.4. The summed E-state index contributed by atoms with van der Waals surface area (Å²) in [6, 6.07) is 8.20. The maximum Gasteiger partial charge on any atom is 0.103 e. The van der Waals surface area contributed by atoms with Gasteiger partial charge in [0.1, 0.15) is 4.99 Å². The van der Waals surface area contributed by atoms with Crippen LogP contribution in [0.25, 0.3) is 0 Å². The minimum atomic E-state index is 0.474. The molecule has 16 heavy (non-hydrogen) atoms. The maximum atomic E-state index is 5.62. The first-order valence-electron chi connectivity index (χ1n) is 5.57. The molecule has 0 radical (unpaired) electrons. The highest BCUT2D eigenvalue weighted by Crippen LogP contribution is 2.09. The van der Waals surface area contributed by atoms with Crippen molar-refractivity contribution in [3.05, 3.63) is 35.4 Å². The average molecular weight is 235 g/mol. The molecule has 0 amide bonds. The van der Waals surface area contributed by atoms with Gasteiger partial charge in [-0.15, -0.1) is 0 Å². The van der Waals surface area contributed by atoms with Gasteiger partial charge >= 0.3 is 0 Å². The first-order chi connectivity index (χ1) is 7.75. The molecule has 0 unspecified atom stereocenters. The van der Waals surface area contributed by atoms with Gasteiger partial charge in [0.2, 0.25) is 0 Å². The standard InChI is InChI=1S/C12H17N3S/c13-12(16)11-3-1-2-10(8-11)9-15-6-4-14-5-7-15/h1-3,8,14H,4-7,9H2,(H2,13,16). The number of hydrogen-bond donors (Lipinski definition) is 2. The van der Waals surface area contributed by atoms with Crippen molar-refractivity contribution in [1.82, 2.24) is 10.2 Å². The van der Waals surface area contributed by atoms with Gasteiger partial charge in [-0.25, -0.2) is 0 Å². The third-order valence-corrected chi connectivity index (χ3v) is 3.06. The molecule has 1 aliphatic heterocycles. The van der Waals surface area contributed by atoms with Gasteiger partial charge in [0.15, 0.2) is 0 Å². The van der Waals surface area contributed by atoms with E-state index in [4.69, 9.17) is 18.0 Å². The van der Waals surface area contributed by atoms with Gasteiger partial charge in [0.25, 0.3) is 0 Å². The highest BCUT2D eigenvalue weighted by Gasteiger charge is 2.09. The van der Waals surface area contributed by atoms with Crippen LogP contribution in [0.2, 0.25) is 0 Å². The van der Waals surface area contributed by atoms with Crippen molar-refractivity contribution < 1.29 is 0 Å². The van der Waals surface area contributed by atoms with Crippen molar-refractivity contribution in [3.63, 3.8) is 0 Å². The molecule has 1 heterocycles. The molecule has 0 aliphatic carbocycles. The molecule has 2 rings (SSSR count). The third kappa shape index (κ3) is 3.01. The maximum absolute atomic E-state index is 5.62.